The Balaban J connectivity index is 3.30. The molecule has 19 heavy (non-hydrogen) atoms. The summed E-state index contributed by atoms with van der Waals surface area (Å²) in [6.45, 7) is 7.39. The van der Waals surface area contributed by atoms with Crippen LogP contribution in [0, 0.1) is 11.3 Å². The Morgan fingerprint density at radius 2 is 1.89 bits per heavy atom. The minimum Gasteiger partial charge on any atom is -0.395 e. The zero-order chi connectivity index (χ0) is 14.3. The second-order valence-corrected chi connectivity index (χ2v) is 4.35. The molecule has 5 nitrogen and oxygen atoms in total. The van der Waals surface area contributed by atoms with Crippen molar-refractivity contribution in [3.05, 3.63) is 16.8 Å². The molecular formula is C14H22N4O. The van der Waals surface area contributed by atoms with Crippen molar-refractivity contribution in [3.8, 4) is 6.07 Å². The first-order valence-electron chi connectivity index (χ1n) is 6.87. The monoisotopic (exact) mass is 262 g/mol. The number of anilines is 1. The molecule has 0 saturated carbocycles. The fourth-order valence-corrected chi connectivity index (χ4v) is 2.22. The van der Waals surface area contributed by atoms with E-state index in [1.54, 1.807) is 0 Å². The summed E-state index contributed by atoms with van der Waals surface area (Å²) >= 11 is 0. The lowest BCUT2D eigenvalue weighted by atomic mass is 10.0. The molecule has 0 spiro atoms. The van der Waals surface area contributed by atoms with Crippen molar-refractivity contribution in [1.29, 1.82) is 5.26 Å². The maximum absolute atomic E-state index is 9.43. The van der Waals surface area contributed by atoms with Crippen LogP contribution in [0.2, 0.25) is 0 Å². The second kappa shape index (κ2) is 7.70. The average molecular weight is 262 g/mol. The lowest BCUT2D eigenvalue weighted by Gasteiger charge is -2.23. The van der Waals surface area contributed by atoms with Crippen molar-refractivity contribution in [1.82, 2.24) is 10.2 Å². The van der Waals surface area contributed by atoms with Gasteiger partial charge in [0.15, 0.2) is 5.82 Å². The molecule has 0 aliphatic carbocycles. The van der Waals surface area contributed by atoms with Gasteiger partial charge in [0.25, 0.3) is 0 Å². The van der Waals surface area contributed by atoms with E-state index in [4.69, 9.17) is 5.11 Å². The van der Waals surface area contributed by atoms with Crippen molar-refractivity contribution in [2.45, 2.75) is 40.0 Å². The highest BCUT2D eigenvalue weighted by Crippen LogP contribution is 2.23. The van der Waals surface area contributed by atoms with Crippen LogP contribution in [0.15, 0.2) is 0 Å². The molecular weight excluding hydrogens is 240 g/mol. The summed E-state index contributed by atoms with van der Waals surface area (Å²) in [6, 6.07) is 2.26. The van der Waals surface area contributed by atoms with Crippen LogP contribution in [0.5, 0.6) is 0 Å². The fraction of sp³-hybridized carbons (Fsp3) is 0.643. The molecule has 0 amide bonds. The van der Waals surface area contributed by atoms with E-state index in [2.05, 4.69) is 23.2 Å². The van der Waals surface area contributed by atoms with Gasteiger partial charge in [-0.15, -0.1) is 5.10 Å². The van der Waals surface area contributed by atoms with E-state index in [1.807, 2.05) is 18.7 Å². The number of aromatic nitrogens is 2. The van der Waals surface area contributed by atoms with Gasteiger partial charge in [-0.25, -0.2) is 0 Å². The first-order valence-corrected chi connectivity index (χ1v) is 6.87. The van der Waals surface area contributed by atoms with Gasteiger partial charge in [-0.3, -0.25) is 0 Å². The smallest absolute Gasteiger partial charge is 0.169 e. The third-order valence-electron chi connectivity index (χ3n) is 3.10. The molecule has 0 radical (unpaired) electrons. The summed E-state index contributed by atoms with van der Waals surface area (Å²) in [4.78, 5) is 1.93. The van der Waals surface area contributed by atoms with E-state index in [0.29, 0.717) is 17.9 Å². The van der Waals surface area contributed by atoms with Gasteiger partial charge < -0.3 is 10.0 Å². The molecule has 0 aliphatic rings. The van der Waals surface area contributed by atoms with Crippen LogP contribution in [0.4, 0.5) is 5.82 Å². The van der Waals surface area contributed by atoms with Crippen molar-refractivity contribution >= 4 is 5.82 Å². The first-order chi connectivity index (χ1) is 9.23. The van der Waals surface area contributed by atoms with Gasteiger partial charge in [0, 0.05) is 13.1 Å². The molecule has 0 aromatic carbocycles. The summed E-state index contributed by atoms with van der Waals surface area (Å²) in [5.41, 5.74) is 2.48. The van der Waals surface area contributed by atoms with Crippen LogP contribution < -0.4 is 4.90 Å². The van der Waals surface area contributed by atoms with Crippen molar-refractivity contribution in [3.63, 3.8) is 0 Å². The second-order valence-electron chi connectivity index (χ2n) is 4.35. The highest BCUT2D eigenvalue weighted by Gasteiger charge is 2.18. The molecule has 0 atom stereocenters. The third kappa shape index (κ3) is 3.42. The van der Waals surface area contributed by atoms with E-state index in [9.17, 15) is 5.26 Å². The fourth-order valence-electron chi connectivity index (χ4n) is 2.22. The van der Waals surface area contributed by atoms with Gasteiger partial charge in [0.2, 0.25) is 0 Å². The Bertz CT molecular complexity index is 447. The Kier molecular flexibility index (Phi) is 6.23. The van der Waals surface area contributed by atoms with Crippen LogP contribution >= 0.6 is 0 Å². The molecule has 0 saturated heterocycles. The number of aryl methyl sites for hydroxylation is 1. The topological polar surface area (TPSA) is 73.0 Å². The van der Waals surface area contributed by atoms with E-state index in [-0.39, 0.29) is 6.61 Å². The van der Waals surface area contributed by atoms with Crippen molar-refractivity contribution in [2.24, 2.45) is 0 Å². The number of rotatable bonds is 7. The minimum atomic E-state index is 0.0452. The largest absolute Gasteiger partial charge is 0.395 e. The molecule has 1 rings (SSSR count). The molecule has 0 fully saturated rings. The standard InChI is InChI=1S/C14H22N4O/c1-4-7-18(8-9-19)14-12(10-15)11(5-2)13(6-3)16-17-14/h19H,4-9H2,1-3H3. The van der Waals surface area contributed by atoms with Gasteiger partial charge in [0.1, 0.15) is 11.6 Å². The van der Waals surface area contributed by atoms with Crippen LogP contribution in [0.3, 0.4) is 0 Å². The van der Waals surface area contributed by atoms with Crippen molar-refractivity contribution in [2.75, 3.05) is 24.6 Å². The third-order valence-corrected chi connectivity index (χ3v) is 3.10. The van der Waals surface area contributed by atoms with Crippen LogP contribution in [0.1, 0.15) is 44.0 Å². The van der Waals surface area contributed by atoms with Crippen LogP contribution in [-0.4, -0.2) is 35.0 Å². The molecule has 1 aromatic rings. The molecule has 1 aromatic heterocycles. The van der Waals surface area contributed by atoms with Gasteiger partial charge in [-0.2, -0.15) is 10.4 Å². The minimum absolute atomic E-state index is 0.0452. The molecule has 1 heterocycles. The predicted octanol–water partition coefficient (Wildman–Crippen LogP) is 1.68. The quantitative estimate of drug-likeness (QED) is 0.809. The SMILES string of the molecule is CCCN(CCO)c1nnc(CC)c(CC)c1C#N. The summed E-state index contributed by atoms with van der Waals surface area (Å²) in [5, 5.41) is 27.0. The number of aliphatic hydroxyl groups excluding tert-OH is 1. The lowest BCUT2D eigenvalue weighted by molar-refractivity contribution is 0.301. The highest BCUT2D eigenvalue weighted by atomic mass is 16.3. The van der Waals surface area contributed by atoms with Gasteiger partial charge in [0.05, 0.1) is 12.3 Å². The zero-order valence-electron chi connectivity index (χ0n) is 12.0. The normalized spacial score (nSPS) is 10.3. The Morgan fingerprint density at radius 3 is 2.37 bits per heavy atom. The lowest BCUT2D eigenvalue weighted by Crippen LogP contribution is -2.30. The van der Waals surface area contributed by atoms with E-state index < -0.39 is 0 Å². The Hall–Kier alpha value is -1.67. The summed E-state index contributed by atoms with van der Waals surface area (Å²) in [6.07, 6.45) is 2.48. The number of nitrogens with zero attached hydrogens (tertiary/aromatic N) is 4. The Morgan fingerprint density at radius 1 is 1.16 bits per heavy atom. The summed E-state index contributed by atoms with van der Waals surface area (Å²) in [7, 11) is 0. The predicted molar refractivity (Wildman–Crippen MR) is 75.1 cm³/mol. The van der Waals surface area contributed by atoms with E-state index in [0.717, 1.165) is 37.1 Å². The highest BCUT2D eigenvalue weighted by molar-refractivity contribution is 5.58. The molecule has 104 valence electrons. The first kappa shape index (κ1) is 15.4. The van der Waals surface area contributed by atoms with E-state index >= 15 is 0 Å². The molecule has 1 N–H and O–H groups in total. The van der Waals surface area contributed by atoms with Crippen LogP contribution in [0.25, 0.3) is 0 Å². The summed E-state index contributed by atoms with van der Waals surface area (Å²) < 4.78 is 0. The number of hydrogen-bond donors (Lipinski definition) is 1. The van der Waals surface area contributed by atoms with E-state index in [1.165, 1.54) is 0 Å². The van der Waals surface area contributed by atoms with Crippen LogP contribution in [-0.2, 0) is 12.8 Å². The molecule has 5 heteroatoms. The number of aliphatic hydroxyl groups is 1. The average Bonchev–Trinajstić information content (AvgIpc) is 2.45. The molecule has 0 bridgehead atoms. The number of hydrogen-bond acceptors (Lipinski definition) is 5. The van der Waals surface area contributed by atoms with Gasteiger partial charge in [-0.05, 0) is 24.8 Å². The van der Waals surface area contributed by atoms with Crippen molar-refractivity contribution < 1.29 is 5.11 Å². The number of nitriles is 1. The zero-order valence-corrected chi connectivity index (χ0v) is 12.0. The molecule has 0 aliphatic heterocycles. The maximum atomic E-state index is 9.43. The van der Waals surface area contributed by atoms with Gasteiger partial charge >= 0.3 is 0 Å². The van der Waals surface area contributed by atoms with Gasteiger partial charge in [-0.1, -0.05) is 20.8 Å². The molecule has 0 unspecified atom stereocenters. The summed E-state index contributed by atoms with van der Waals surface area (Å²) in [5.74, 6) is 0.604. The maximum Gasteiger partial charge on any atom is 0.169 e. The Labute approximate surface area is 114 Å².